The number of thiazole rings is 1. The summed E-state index contributed by atoms with van der Waals surface area (Å²) >= 11 is 5.10. The van der Waals surface area contributed by atoms with Crippen LogP contribution in [0.25, 0.3) is 0 Å². The number of furan rings is 1. The summed E-state index contributed by atoms with van der Waals surface area (Å²) < 4.78 is 6.46. The van der Waals surface area contributed by atoms with E-state index in [0.29, 0.717) is 0 Å². The standard InChI is InChI=1S/C10H11BrN2OS/c1-2-13-9(8-5-12-6-15-8)10-7(11)3-4-14-10/h3-6,9,13H,2H2,1H3. The Morgan fingerprint density at radius 1 is 1.67 bits per heavy atom. The summed E-state index contributed by atoms with van der Waals surface area (Å²) in [7, 11) is 0. The molecule has 0 aliphatic rings. The molecule has 0 bridgehead atoms. The van der Waals surface area contributed by atoms with Gasteiger partial charge in [-0.2, -0.15) is 0 Å². The van der Waals surface area contributed by atoms with E-state index in [4.69, 9.17) is 4.42 Å². The van der Waals surface area contributed by atoms with Crippen molar-refractivity contribution >= 4 is 27.3 Å². The first-order valence-corrected chi connectivity index (χ1v) is 6.35. The molecule has 1 N–H and O–H groups in total. The van der Waals surface area contributed by atoms with Crippen LogP contribution in [-0.4, -0.2) is 11.5 Å². The molecule has 1 unspecified atom stereocenters. The van der Waals surface area contributed by atoms with Crippen LogP contribution in [0.2, 0.25) is 0 Å². The normalized spacial score (nSPS) is 12.9. The lowest BCUT2D eigenvalue weighted by atomic mass is 10.2. The van der Waals surface area contributed by atoms with E-state index in [2.05, 4.69) is 33.2 Å². The number of nitrogens with zero attached hydrogens (tertiary/aromatic N) is 1. The zero-order valence-electron chi connectivity index (χ0n) is 8.24. The minimum absolute atomic E-state index is 0.0897. The fourth-order valence-corrected chi connectivity index (χ4v) is 2.53. The second-order valence-corrected chi connectivity index (χ2v) is 4.80. The molecular weight excluding hydrogens is 276 g/mol. The minimum atomic E-state index is 0.0897. The third-order valence-electron chi connectivity index (χ3n) is 2.05. The Bertz CT molecular complexity index is 413. The van der Waals surface area contributed by atoms with Crippen LogP contribution >= 0.6 is 27.3 Å². The molecule has 0 spiro atoms. The first-order valence-electron chi connectivity index (χ1n) is 4.67. The number of hydrogen-bond acceptors (Lipinski definition) is 4. The van der Waals surface area contributed by atoms with Gasteiger partial charge in [0, 0.05) is 11.1 Å². The first kappa shape index (κ1) is 10.9. The van der Waals surface area contributed by atoms with Crippen molar-refractivity contribution in [2.75, 3.05) is 6.54 Å². The van der Waals surface area contributed by atoms with Gasteiger partial charge in [-0.05, 0) is 28.5 Å². The van der Waals surface area contributed by atoms with Gasteiger partial charge < -0.3 is 9.73 Å². The van der Waals surface area contributed by atoms with Crippen molar-refractivity contribution in [3.63, 3.8) is 0 Å². The summed E-state index contributed by atoms with van der Waals surface area (Å²) in [6, 6.07) is 1.99. The maximum Gasteiger partial charge on any atom is 0.140 e. The summed E-state index contributed by atoms with van der Waals surface area (Å²) in [5.74, 6) is 0.904. The molecule has 2 heterocycles. The van der Waals surface area contributed by atoms with Gasteiger partial charge in [0.1, 0.15) is 11.8 Å². The van der Waals surface area contributed by atoms with E-state index >= 15 is 0 Å². The van der Waals surface area contributed by atoms with Crippen LogP contribution < -0.4 is 5.32 Å². The highest BCUT2D eigenvalue weighted by Crippen LogP contribution is 2.30. The van der Waals surface area contributed by atoms with Crippen LogP contribution in [0.15, 0.2) is 32.9 Å². The predicted molar refractivity (Wildman–Crippen MR) is 64.0 cm³/mol. The van der Waals surface area contributed by atoms with Crippen LogP contribution in [0.5, 0.6) is 0 Å². The van der Waals surface area contributed by atoms with Crippen molar-refractivity contribution in [3.05, 3.63) is 39.1 Å². The molecule has 2 aromatic rings. The van der Waals surface area contributed by atoms with Crippen LogP contribution in [0, 0.1) is 0 Å². The summed E-state index contributed by atoms with van der Waals surface area (Å²) in [6.45, 7) is 2.96. The third-order valence-corrected chi connectivity index (χ3v) is 3.55. The van der Waals surface area contributed by atoms with E-state index in [9.17, 15) is 0 Å². The van der Waals surface area contributed by atoms with Crippen molar-refractivity contribution in [1.82, 2.24) is 10.3 Å². The van der Waals surface area contributed by atoms with Crippen LogP contribution in [0.1, 0.15) is 23.6 Å². The molecule has 3 nitrogen and oxygen atoms in total. The number of nitrogens with one attached hydrogen (secondary N) is 1. The van der Waals surface area contributed by atoms with Crippen LogP contribution in [-0.2, 0) is 0 Å². The molecular formula is C10H11BrN2OS. The van der Waals surface area contributed by atoms with E-state index in [-0.39, 0.29) is 6.04 Å². The number of aromatic nitrogens is 1. The average Bonchev–Trinajstić information content (AvgIpc) is 2.85. The fourth-order valence-electron chi connectivity index (χ4n) is 1.41. The van der Waals surface area contributed by atoms with Crippen molar-refractivity contribution in [2.24, 2.45) is 0 Å². The smallest absolute Gasteiger partial charge is 0.140 e. The van der Waals surface area contributed by atoms with E-state index in [1.54, 1.807) is 17.6 Å². The highest BCUT2D eigenvalue weighted by Gasteiger charge is 2.20. The lowest BCUT2D eigenvalue weighted by molar-refractivity contribution is 0.453. The molecule has 0 aliphatic heterocycles. The molecule has 0 saturated carbocycles. The molecule has 0 aliphatic carbocycles. The quantitative estimate of drug-likeness (QED) is 0.938. The topological polar surface area (TPSA) is 38.1 Å². The van der Waals surface area contributed by atoms with Gasteiger partial charge >= 0.3 is 0 Å². The van der Waals surface area contributed by atoms with Gasteiger partial charge in [0.25, 0.3) is 0 Å². The molecule has 0 fully saturated rings. The zero-order chi connectivity index (χ0) is 10.7. The SMILES string of the molecule is CCNC(c1cncs1)c1occc1Br. The monoisotopic (exact) mass is 286 g/mol. The van der Waals surface area contributed by atoms with E-state index < -0.39 is 0 Å². The van der Waals surface area contributed by atoms with E-state index in [1.807, 2.05) is 17.8 Å². The van der Waals surface area contributed by atoms with Crippen LogP contribution in [0.4, 0.5) is 0 Å². The molecule has 1 atom stereocenters. The van der Waals surface area contributed by atoms with Crippen LogP contribution in [0.3, 0.4) is 0 Å². The lowest BCUT2D eigenvalue weighted by Gasteiger charge is -2.13. The summed E-state index contributed by atoms with van der Waals surface area (Å²) in [5, 5.41) is 3.37. The van der Waals surface area contributed by atoms with Gasteiger partial charge in [0.15, 0.2) is 0 Å². The van der Waals surface area contributed by atoms with Crippen molar-refractivity contribution in [3.8, 4) is 0 Å². The highest BCUT2D eigenvalue weighted by molar-refractivity contribution is 9.10. The van der Waals surface area contributed by atoms with Crippen molar-refractivity contribution in [2.45, 2.75) is 13.0 Å². The molecule has 5 heteroatoms. The predicted octanol–water partition coefficient (Wildman–Crippen LogP) is 3.20. The Balaban J connectivity index is 2.32. The van der Waals surface area contributed by atoms with E-state index in [0.717, 1.165) is 21.7 Å². The average molecular weight is 287 g/mol. The lowest BCUT2D eigenvalue weighted by Crippen LogP contribution is -2.20. The summed E-state index contributed by atoms with van der Waals surface area (Å²) in [6.07, 6.45) is 3.55. The Hall–Kier alpha value is -0.650. The molecule has 15 heavy (non-hydrogen) atoms. The van der Waals surface area contributed by atoms with Gasteiger partial charge in [-0.25, -0.2) is 0 Å². The molecule has 0 saturated heterocycles. The van der Waals surface area contributed by atoms with Gasteiger partial charge in [0.05, 0.1) is 16.2 Å². The Kier molecular flexibility index (Phi) is 3.56. The maximum absolute atomic E-state index is 5.47. The maximum atomic E-state index is 5.47. The first-order chi connectivity index (χ1) is 7.33. The Morgan fingerprint density at radius 2 is 2.53 bits per heavy atom. The molecule has 2 rings (SSSR count). The summed E-state index contributed by atoms with van der Waals surface area (Å²) in [5.41, 5.74) is 1.83. The van der Waals surface area contributed by atoms with Crippen molar-refractivity contribution in [1.29, 1.82) is 0 Å². The largest absolute Gasteiger partial charge is 0.466 e. The van der Waals surface area contributed by atoms with Gasteiger partial charge in [-0.3, -0.25) is 4.98 Å². The van der Waals surface area contributed by atoms with Crippen molar-refractivity contribution < 1.29 is 4.42 Å². The second kappa shape index (κ2) is 4.92. The molecule has 0 aromatic carbocycles. The van der Waals surface area contributed by atoms with Gasteiger partial charge in [0.2, 0.25) is 0 Å². The number of rotatable bonds is 4. The fraction of sp³-hybridized carbons (Fsp3) is 0.300. The molecule has 0 amide bonds. The third kappa shape index (κ3) is 2.30. The Morgan fingerprint density at radius 3 is 3.07 bits per heavy atom. The zero-order valence-corrected chi connectivity index (χ0v) is 10.6. The minimum Gasteiger partial charge on any atom is -0.466 e. The van der Waals surface area contributed by atoms with Gasteiger partial charge in [-0.15, -0.1) is 11.3 Å². The van der Waals surface area contributed by atoms with Gasteiger partial charge in [-0.1, -0.05) is 6.92 Å². The van der Waals surface area contributed by atoms with E-state index in [1.165, 1.54) is 0 Å². The number of hydrogen-bond donors (Lipinski definition) is 1. The summed E-state index contributed by atoms with van der Waals surface area (Å²) in [4.78, 5) is 5.25. The molecule has 2 aromatic heterocycles. The number of halogens is 1. The second-order valence-electron chi connectivity index (χ2n) is 3.03. The Labute approximate surface area is 101 Å². The molecule has 80 valence electrons. The highest BCUT2D eigenvalue weighted by atomic mass is 79.9. The molecule has 0 radical (unpaired) electrons.